The second kappa shape index (κ2) is 6.00. The summed E-state index contributed by atoms with van der Waals surface area (Å²) in [4.78, 5) is 14.6. The van der Waals surface area contributed by atoms with Gasteiger partial charge < -0.3 is 9.30 Å². The van der Waals surface area contributed by atoms with Gasteiger partial charge >= 0.3 is 5.97 Å². The van der Waals surface area contributed by atoms with E-state index in [-0.39, 0.29) is 12.1 Å². The molecule has 0 bridgehead atoms. The van der Waals surface area contributed by atoms with Crippen LogP contribution in [-0.4, -0.2) is 28.1 Å². The number of hydrogen-bond acceptors (Lipinski definition) is 3. The number of benzene rings is 1. The van der Waals surface area contributed by atoms with Crippen molar-refractivity contribution in [1.82, 2.24) is 9.47 Å². The molecule has 0 spiro atoms. The van der Waals surface area contributed by atoms with E-state index in [0.717, 1.165) is 30.9 Å². The van der Waals surface area contributed by atoms with Crippen molar-refractivity contribution < 1.29 is 9.53 Å². The highest BCUT2D eigenvalue weighted by Gasteiger charge is 2.22. The molecule has 1 aliphatic heterocycles. The van der Waals surface area contributed by atoms with Gasteiger partial charge in [-0.2, -0.15) is 0 Å². The Labute approximate surface area is 138 Å². The Bertz CT molecular complexity index is 759. The lowest BCUT2D eigenvalue weighted by atomic mass is 10.0. The standard InChI is InChI=1S/C19H26N2O2/c1-6-21-10-14-7-17-16(9-19(22)23-12(2)3)13(4)20(5)18(17)8-15(14)11-21/h7-8,12H,6,9-11H2,1-5H3. The van der Waals surface area contributed by atoms with Gasteiger partial charge in [-0.25, -0.2) is 0 Å². The van der Waals surface area contributed by atoms with Crippen molar-refractivity contribution in [3.63, 3.8) is 0 Å². The van der Waals surface area contributed by atoms with Gasteiger partial charge in [-0.05, 0) is 56.1 Å². The minimum Gasteiger partial charge on any atom is -0.463 e. The van der Waals surface area contributed by atoms with E-state index < -0.39 is 0 Å². The van der Waals surface area contributed by atoms with E-state index in [4.69, 9.17) is 4.74 Å². The number of esters is 1. The molecule has 0 N–H and O–H groups in total. The van der Waals surface area contributed by atoms with E-state index >= 15 is 0 Å². The largest absolute Gasteiger partial charge is 0.463 e. The Morgan fingerprint density at radius 3 is 2.52 bits per heavy atom. The highest BCUT2D eigenvalue weighted by Crippen LogP contribution is 2.32. The number of ether oxygens (including phenoxy) is 1. The molecule has 2 heterocycles. The van der Waals surface area contributed by atoms with Crippen LogP contribution in [0.15, 0.2) is 12.1 Å². The van der Waals surface area contributed by atoms with Gasteiger partial charge in [-0.15, -0.1) is 0 Å². The number of hydrogen-bond donors (Lipinski definition) is 0. The summed E-state index contributed by atoms with van der Waals surface area (Å²) in [5, 5.41) is 1.20. The van der Waals surface area contributed by atoms with Crippen LogP contribution < -0.4 is 0 Å². The maximum atomic E-state index is 12.1. The minimum atomic E-state index is -0.147. The molecule has 0 amide bonds. The lowest BCUT2D eigenvalue weighted by Gasteiger charge is -2.09. The summed E-state index contributed by atoms with van der Waals surface area (Å²) in [7, 11) is 2.08. The molecule has 1 aliphatic rings. The summed E-state index contributed by atoms with van der Waals surface area (Å²) >= 11 is 0. The fraction of sp³-hybridized carbons (Fsp3) is 0.526. The van der Waals surface area contributed by atoms with Crippen LogP contribution in [0.25, 0.3) is 10.9 Å². The van der Waals surface area contributed by atoms with Crippen LogP contribution >= 0.6 is 0 Å². The summed E-state index contributed by atoms with van der Waals surface area (Å²) in [5.41, 5.74) is 6.27. The number of carbonyl (C=O) groups excluding carboxylic acids is 1. The van der Waals surface area contributed by atoms with E-state index in [1.54, 1.807) is 0 Å². The maximum Gasteiger partial charge on any atom is 0.310 e. The van der Waals surface area contributed by atoms with E-state index in [1.165, 1.54) is 22.0 Å². The topological polar surface area (TPSA) is 34.5 Å². The van der Waals surface area contributed by atoms with Crippen molar-refractivity contribution in [3.05, 3.63) is 34.5 Å². The Balaban J connectivity index is 2.02. The van der Waals surface area contributed by atoms with Crippen LogP contribution in [0, 0.1) is 6.92 Å². The van der Waals surface area contributed by atoms with Crippen molar-refractivity contribution in [2.45, 2.75) is 53.3 Å². The van der Waals surface area contributed by atoms with Gasteiger partial charge in [0, 0.05) is 36.7 Å². The highest BCUT2D eigenvalue weighted by atomic mass is 16.5. The van der Waals surface area contributed by atoms with Gasteiger partial charge in [0.15, 0.2) is 0 Å². The fourth-order valence-electron chi connectivity index (χ4n) is 3.50. The average molecular weight is 314 g/mol. The number of fused-ring (bicyclic) bond motifs is 2. The molecule has 124 valence electrons. The van der Waals surface area contributed by atoms with Gasteiger partial charge in [0.25, 0.3) is 0 Å². The number of aromatic nitrogens is 1. The first-order chi connectivity index (χ1) is 10.9. The summed E-state index contributed by atoms with van der Waals surface area (Å²) in [6.45, 7) is 11.2. The average Bonchev–Trinajstić information content (AvgIpc) is 2.99. The molecule has 0 atom stereocenters. The normalized spacial score (nSPS) is 14.7. The molecular formula is C19H26N2O2. The zero-order valence-corrected chi connectivity index (χ0v) is 14.8. The summed E-state index contributed by atoms with van der Waals surface area (Å²) in [5.74, 6) is -0.147. The Morgan fingerprint density at radius 2 is 1.91 bits per heavy atom. The third-order valence-electron chi connectivity index (χ3n) is 4.87. The monoisotopic (exact) mass is 314 g/mol. The molecule has 4 nitrogen and oxygen atoms in total. The third-order valence-corrected chi connectivity index (χ3v) is 4.87. The predicted octanol–water partition coefficient (Wildman–Crippen LogP) is 3.32. The molecule has 0 saturated carbocycles. The molecule has 0 fully saturated rings. The fourth-order valence-corrected chi connectivity index (χ4v) is 3.50. The van der Waals surface area contributed by atoms with Gasteiger partial charge in [0.1, 0.15) is 0 Å². The molecule has 0 aliphatic carbocycles. The molecule has 23 heavy (non-hydrogen) atoms. The van der Waals surface area contributed by atoms with E-state index in [2.05, 4.69) is 42.5 Å². The van der Waals surface area contributed by atoms with Crippen molar-refractivity contribution in [1.29, 1.82) is 0 Å². The van der Waals surface area contributed by atoms with Gasteiger partial charge in [0.05, 0.1) is 12.5 Å². The van der Waals surface area contributed by atoms with Crippen LogP contribution in [0.5, 0.6) is 0 Å². The van der Waals surface area contributed by atoms with Crippen LogP contribution in [0.3, 0.4) is 0 Å². The zero-order chi connectivity index (χ0) is 16.7. The zero-order valence-electron chi connectivity index (χ0n) is 14.8. The molecule has 4 heteroatoms. The number of rotatable bonds is 4. The summed E-state index contributed by atoms with van der Waals surface area (Å²) in [6, 6.07) is 4.58. The van der Waals surface area contributed by atoms with Crippen LogP contribution in [0.1, 0.15) is 43.2 Å². The molecule has 0 saturated heterocycles. The highest BCUT2D eigenvalue weighted by molar-refractivity contribution is 5.90. The molecule has 0 radical (unpaired) electrons. The van der Waals surface area contributed by atoms with Crippen molar-refractivity contribution in [2.75, 3.05) is 6.54 Å². The lowest BCUT2D eigenvalue weighted by Crippen LogP contribution is -2.14. The Hall–Kier alpha value is -1.81. The van der Waals surface area contributed by atoms with Crippen LogP contribution in [-0.2, 0) is 36.1 Å². The molecule has 0 unspecified atom stereocenters. The first-order valence-corrected chi connectivity index (χ1v) is 8.42. The number of aryl methyl sites for hydroxylation is 1. The summed E-state index contributed by atoms with van der Waals surface area (Å²) in [6.07, 6.45) is 0.276. The minimum absolute atomic E-state index is 0.0693. The number of carbonyl (C=O) groups is 1. The first-order valence-electron chi connectivity index (χ1n) is 8.42. The van der Waals surface area contributed by atoms with Crippen LogP contribution in [0.4, 0.5) is 0 Å². The predicted molar refractivity (Wildman–Crippen MR) is 92.4 cm³/mol. The van der Waals surface area contributed by atoms with Crippen molar-refractivity contribution >= 4 is 16.9 Å². The molecule has 3 rings (SSSR count). The maximum absolute atomic E-state index is 12.1. The Kier molecular flexibility index (Phi) is 4.19. The lowest BCUT2D eigenvalue weighted by molar-refractivity contribution is -0.146. The second-order valence-electron chi connectivity index (χ2n) is 6.78. The molecule has 2 aromatic rings. The smallest absolute Gasteiger partial charge is 0.310 e. The third kappa shape index (κ3) is 2.88. The van der Waals surface area contributed by atoms with Crippen molar-refractivity contribution in [2.24, 2.45) is 7.05 Å². The number of nitrogens with zero attached hydrogens (tertiary/aromatic N) is 2. The van der Waals surface area contributed by atoms with Crippen LogP contribution in [0.2, 0.25) is 0 Å². The van der Waals surface area contributed by atoms with E-state index in [0.29, 0.717) is 6.42 Å². The van der Waals surface area contributed by atoms with Crippen molar-refractivity contribution in [3.8, 4) is 0 Å². The summed E-state index contributed by atoms with van der Waals surface area (Å²) < 4.78 is 7.53. The SMILES string of the molecule is CCN1Cc2cc3c(CC(=O)OC(C)C)c(C)n(C)c3cc2C1. The molecule has 1 aromatic carbocycles. The van der Waals surface area contributed by atoms with Gasteiger partial charge in [-0.1, -0.05) is 6.92 Å². The molecular weight excluding hydrogens is 288 g/mol. The quantitative estimate of drug-likeness (QED) is 0.812. The van der Waals surface area contributed by atoms with Gasteiger partial charge in [-0.3, -0.25) is 9.69 Å². The van der Waals surface area contributed by atoms with E-state index in [1.807, 2.05) is 13.8 Å². The second-order valence-corrected chi connectivity index (χ2v) is 6.78. The Morgan fingerprint density at radius 1 is 1.26 bits per heavy atom. The van der Waals surface area contributed by atoms with E-state index in [9.17, 15) is 4.79 Å². The first kappa shape index (κ1) is 16.1. The molecule has 1 aromatic heterocycles. The van der Waals surface area contributed by atoms with Gasteiger partial charge in [0.2, 0.25) is 0 Å².